The third kappa shape index (κ3) is 5.40. The highest BCUT2D eigenvalue weighted by atomic mass is 16.5. The summed E-state index contributed by atoms with van der Waals surface area (Å²) in [7, 11) is 0. The number of nitrogens with zero attached hydrogens (tertiary/aromatic N) is 1. The summed E-state index contributed by atoms with van der Waals surface area (Å²) in [6, 6.07) is 16.4. The number of aliphatic hydroxyl groups excluding tert-OH is 1. The maximum absolute atomic E-state index is 9.99. The third-order valence-corrected chi connectivity index (χ3v) is 5.76. The van der Waals surface area contributed by atoms with Gasteiger partial charge in [-0.1, -0.05) is 36.4 Å². The number of likely N-dealkylation sites (tertiary alicyclic amines) is 1. The molecule has 4 rings (SSSR count). The molecule has 1 unspecified atom stereocenters. The first-order valence-corrected chi connectivity index (χ1v) is 10.9. The number of ether oxygens (including phenoxy) is 2. The summed E-state index contributed by atoms with van der Waals surface area (Å²) < 4.78 is 12.1. The van der Waals surface area contributed by atoms with Crippen molar-refractivity contribution in [2.24, 2.45) is 0 Å². The van der Waals surface area contributed by atoms with Crippen molar-refractivity contribution in [3.05, 3.63) is 65.7 Å². The molecule has 0 radical (unpaired) electrons. The van der Waals surface area contributed by atoms with Gasteiger partial charge in [-0.25, -0.2) is 0 Å². The number of fused-ring (bicyclic) bond motifs is 1. The molecule has 0 amide bonds. The van der Waals surface area contributed by atoms with E-state index in [4.69, 9.17) is 9.47 Å². The van der Waals surface area contributed by atoms with Crippen LogP contribution in [-0.4, -0.2) is 35.9 Å². The van der Waals surface area contributed by atoms with Crippen LogP contribution in [0.25, 0.3) is 5.76 Å². The van der Waals surface area contributed by atoms with Crippen LogP contribution < -0.4 is 9.47 Å². The molecule has 1 fully saturated rings. The van der Waals surface area contributed by atoms with E-state index in [0.29, 0.717) is 6.61 Å². The average Bonchev–Trinajstić information content (AvgIpc) is 2.77. The molecule has 1 saturated heterocycles. The summed E-state index contributed by atoms with van der Waals surface area (Å²) in [5, 5.41) is 9.99. The predicted molar refractivity (Wildman–Crippen MR) is 116 cm³/mol. The van der Waals surface area contributed by atoms with E-state index in [1.54, 1.807) is 0 Å². The lowest BCUT2D eigenvalue weighted by molar-refractivity contribution is -0.0243. The van der Waals surface area contributed by atoms with E-state index in [0.717, 1.165) is 74.4 Å². The number of hydrogen-bond donors (Lipinski definition) is 1. The second-order valence-electron chi connectivity index (χ2n) is 7.93. The highest BCUT2D eigenvalue weighted by molar-refractivity contribution is 5.65. The minimum absolute atomic E-state index is 0.231. The predicted octanol–water partition coefficient (Wildman–Crippen LogP) is 5.02. The van der Waals surface area contributed by atoms with Crippen molar-refractivity contribution >= 4 is 5.76 Å². The van der Waals surface area contributed by atoms with Crippen molar-refractivity contribution < 1.29 is 14.6 Å². The van der Waals surface area contributed by atoms with Crippen molar-refractivity contribution in [3.63, 3.8) is 0 Å². The number of benzene rings is 2. The molecule has 1 N–H and O–H groups in total. The van der Waals surface area contributed by atoms with Gasteiger partial charge in [-0.3, -0.25) is 4.90 Å². The van der Waals surface area contributed by atoms with Crippen molar-refractivity contribution in [2.45, 2.75) is 51.2 Å². The standard InChI is InChI=1S/C25H31NO3/c27-25-11-5-7-17-26(25)16-6-2-8-18-28-22-14-12-21-13-15-23(29-24(21)19-22)20-9-3-1-4-10-20/h1,3-4,9-10,12,14-15,19,25,27H,2,5-8,11,13,16-18H2. The summed E-state index contributed by atoms with van der Waals surface area (Å²) in [4.78, 5) is 2.21. The molecule has 0 spiro atoms. The minimum atomic E-state index is -0.231. The fourth-order valence-corrected chi connectivity index (χ4v) is 4.05. The number of piperidine rings is 1. The molecule has 2 aliphatic rings. The molecular weight excluding hydrogens is 362 g/mol. The van der Waals surface area contributed by atoms with Gasteiger partial charge in [-0.2, -0.15) is 0 Å². The Bertz CT molecular complexity index is 818. The normalized spacial score (nSPS) is 19.2. The quantitative estimate of drug-likeness (QED) is 0.640. The lowest BCUT2D eigenvalue weighted by atomic mass is 10.0. The lowest BCUT2D eigenvalue weighted by Gasteiger charge is -2.31. The van der Waals surface area contributed by atoms with E-state index in [1.807, 2.05) is 30.3 Å². The fraction of sp³-hybridized carbons (Fsp3) is 0.440. The molecule has 0 saturated carbocycles. The van der Waals surface area contributed by atoms with Gasteiger partial charge < -0.3 is 14.6 Å². The van der Waals surface area contributed by atoms with Gasteiger partial charge in [0, 0.05) is 24.7 Å². The third-order valence-electron chi connectivity index (χ3n) is 5.76. The highest BCUT2D eigenvalue weighted by Crippen LogP contribution is 2.33. The number of hydrogen-bond acceptors (Lipinski definition) is 4. The lowest BCUT2D eigenvalue weighted by Crippen LogP contribution is -2.39. The molecule has 2 heterocycles. The summed E-state index contributed by atoms with van der Waals surface area (Å²) >= 11 is 0. The maximum atomic E-state index is 9.99. The first kappa shape index (κ1) is 20.0. The van der Waals surface area contributed by atoms with E-state index >= 15 is 0 Å². The second kappa shape index (κ2) is 9.95. The Labute approximate surface area is 173 Å². The fourth-order valence-electron chi connectivity index (χ4n) is 4.05. The van der Waals surface area contributed by atoms with Gasteiger partial charge in [0.05, 0.1) is 6.61 Å². The summed E-state index contributed by atoms with van der Waals surface area (Å²) in [6.45, 7) is 2.73. The Kier molecular flexibility index (Phi) is 6.86. The van der Waals surface area contributed by atoms with Crippen molar-refractivity contribution in [1.82, 2.24) is 4.90 Å². The number of allylic oxidation sites excluding steroid dienone is 1. The summed E-state index contributed by atoms with van der Waals surface area (Å²) in [6.07, 6.45) is 9.32. The molecule has 0 aliphatic carbocycles. The second-order valence-corrected chi connectivity index (χ2v) is 7.93. The largest absolute Gasteiger partial charge is 0.493 e. The van der Waals surface area contributed by atoms with Crippen molar-refractivity contribution in [1.29, 1.82) is 0 Å². The zero-order chi connectivity index (χ0) is 19.9. The van der Waals surface area contributed by atoms with Crippen molar-refractivity contribution in [2.75, 3.05) is 19.7 Å². The molecule has 2 aromatic carbocycles. The molecule has 2 aliphatic heterocycles. The van der Waals surface area contributed by atoms with E-state index < -0.39 is 0 Å². The average molecular weight is 394 g/mol. The zero-order valence-electron chi connectivity index (χ0n) is 17.1. The molecule has 4 heteroatoms. The zero-order valence-corrected chi connectivity index (χ0v) is 17.1. The highest BCUT2D eigenvalue weighted by Gasteiger charge is 2.18. The summed E-state index contributed by atoms with van der Waals surface area (Å²) in [5.74, 6) is 2.67. The first-order chi connectivity index (χ1) is 14.3. The van der Waals surface area contributed by atoms with E-state index in [1.165, 1.54) is 12.0 Å². The molecule has 1 atom stereocenters. The Morgan fingerprint density at radius 1 is 1.03 bits per heavy atom. The topological polar surface area (TPSA) is 41.9 Å². The van der Waals surface area contributed by atoms with Crippen LogP contribution in [-0.2, 0) is 6.42 Å². The molecule has 29 heavy (non-hydrogen) atoms. The van der Waals surface area contributed by atoms with E-state index in [2.05, 4.69) is 29.2 Å². The van der Waals surface area contributed by atoms with Crippen LogP contribution in [0.3, 0.4) is 0 Å². The molecule has 0 aromatic heterocycles. The van der Waals surface area contributed by atoms with Gasteiger partial charge in [0.25, 0.3) is 0 Å². The monoisotopic (exact) mass is 393 g/mol. The van der Waals surface area contributed by atoms with Crippen LogP contribution in [0.5, 0.6) is 11.5 Å². The van der Waals surface area contributed by atoms with Gasteiger partial charge in [0.2, 0.25) is 0 Å². The van der Waals surface area contributed by atoms with Crippen LogP contribution in [0.1, 0.15) is 49.7 Å². The van der Waals surface area contributed by atoms with Gasteiger partial charge in [-0.15, -0.1) is 0 Å². The Balaban J connectivity index is 1.21. The smallest absolute Gasteiger partial charge is 0.134 e. The SMILES string of the molecule is OC1CCCCN1CCCCCOc1ccc2c(c1)OC(c1ccccc1)=CC2. The van der Waals surface area contributed by atoms with Gasteiger partial charge in [-0.05, 0) is 62.7 Å². The molecule has 2 aromatic rings. The van der Waals surface area contributed by atoms with Crippen LogP contribution in [0.4, 0.5) is 0 Å². The molecule has 4 nitrogen and oxygen atoms in total. The van der Waals surface area contributed by atoms with Crippen LogP contribution in [0.2, 0.25) is 0 Å². The number of aliphatic hydroxyl groups is 1. The van der Waals surface area contributed by atoms with Crippen LogP contribution in [0, 0.1) is 0 Å². The van der Waals surface area contributed by atoms with Gasteiger partial charge in [0.15, 0.2) is 0 Å². The minimum Gasteiger partial charge on any atom is -0.493 e. The van der Waals surface area contributed by atoms with Gasteiger partial charge >= 0.3 is 0 Å². The molecule has 154 valence electrons. The van der Waals surface area contributed by atoms with Crippen molar-refractivity contribution in [3.8, 4) is 11.5 Å². The Morgan fingerprint density at radius 3 is 2.79 bits per heavy atom. The maximum Gasteiger partial charge on any atom is 0.134 e. The summed E-state index contributed by atoms with van der Waals surface area (Å²) in [5.41, 5.74) is 2.29. The van der Waals surface area contributed by atoms with E-state index in [9.17, 15) is 5.11 Å². The number of unbranched alkanes of at least 4 members (excludes halogenated alkanes) is 2. The molecular formula is C25H31NO3. The van der Waals surface area contributed by atoms with Crippen LogP contribution >= 0.6 is 0 Å². The Hall–Kier alpha value is -2.30. The first-order valence-electron chi connectivity index (χ1n) is 10.9. The van der Waals surface area contributed by atoms with Crippen LogP contribution in [0.15, 0.2) is 54.6 Å². The Morgan fingerprint density at radius 2 is 1.93 bits per heavy atom. The molecule has 0 bridgehead atoms. The van der Waals surface area contributed by atoms with E-state index in [-0.39, 0.29) is 6.23 Å². The van der Waals surface area contributed by atoms with Gasteiger partial charge in [0.1, 0.15) is 23.5 Å². The number of rotatable bonds is 8.